The summed E-state index contributed by atoms with van der Waals surface area (Å²) in [4.78, 5) is 4.29. The summed E-state index contributed by atoms with van der Waals surface area (Å²) in [6.07, 6.45) is 7.77. The van der Waals surface area contributed by atoms with E-state index >= 15 is 0 Å². The third-order valence-corrected chi connectivity index (χ3v) is 3.19. The van der Waals surface area contributed by atoms with Gasteiger partial charge in [0.25, 0.3) is 0 Å². The van der Waals surface area contributed by atoms with Crippen LogP contribution in [0.3, 0.4) is 0 Å². The van der Waals surface area contributed by atoms with E-state index in [0.29, 0.717) is 12.1 Å². The lowest BCUT2D eigenvalue weighted by Gasteiger charge is -2.12. The van der Waals surface area contributed by atoms with Gasteiger partial charge in [0, 0.05) is 32.6 Å². The molecule has 1 aromatic heterocycles. The number of ether oxygens (including phenoxy) is 1. The summed E-state index contributed by atoms with van der Waals surface area (Å²) in [5.41, 5.74) is 0. The summed E-state index contributed by atoms with van der Waals surface area (Å²) in [7, 11) is 3.82. The Morgan fingerprint density at radius 3 is 3.07 bits per heavy atom. The van der Waals surface area contributed by atoms with Crippen molar-refractivity contribution >= 4 is 0 Å². The van der Waals surface area contributed by atoms with Gasteiger partial charge in [-0.1, -0.05) is 0 Å². The van der Waals surface area contributed by atoms with Gasteiger partial charge in [0.15, 0.2) is 0 Å². The van der Waals surface area contributed by atoms with E-state index in [9.17, 15) is 0 Å². The first-order chi connectivity index (χ1) is 7.29. The molecule has 1 heterocycles. The number of rotatable bonds is 4. The zero-order chi connectivity index (χ0) is 10.7. The fourth-order valence-corrected chi connectivity index (χ4v) is 2.14. The molecule has 2 atom stereocenters. The SMILES string of the molecule is COC1CCC(NCc2nccn2C)C1. The fraction of sp³-hybridized carbons (Fsp3) is 0.727. The first kappa shape index (κ1) is 10.6. The van der Waals surface area contributed by atoms with Crippen LogP contribution in [0.2, 0.25) is 0 Å². The minimum Gasteiger partial charge on any atom is -0.381 e. The smallest absolute Gasteiger partial charge is 0.122 e. The lowest BCUT2D eigenvalue weighted by molar-refractivity contribution is 0.107. The van der Waals surface area contributed by atoms with Crippen molar-refractivity contribution in [2.75, 3.05) is 7.11 Å². The Balaban J connectivity index is 1.77. The Labute approximate surface area is 90.6 Å². The molecule has 1 N–H and O–H groups in total. The molecule has 0 amide bonds. The molecule has 1 saturated carbocycles. The number of imidazole rings is 1. The lowest BCUT2D eigenvalue weighted by atomic mass is 10.2. The largest absolute Gasteiger partial charge is 0.381 e. The van der Waals surface area contributed by atoms with E-state index in [2.05, 4.69) is 14.9 Å². The molecule has 1 aromatic rings. The molecule has 0 saturated heterocycles. The van der Waals surface area contributed by atoms with Crippen LogP contribution in [0.1, 0.15) is 25.1 Å². The van der Waals surface area contributed by atoms with Crippen LogP contribution in [0, 0.1) is 0 Å². The number of nitrogens with one attached hydrogen (secondary N) is 1. The normalized spacial score (nSPS) is 26.0. The summed E-state index contributed by atoms with van der Waals surface area (Å²) < 4.78 is 7.39. The maximum atomic E-state index is 5.34. The molecule has 15 heavy (non-hydrogen) atoms. The maximum absolute atomic E-state index is 5.34. The van der Waals surface area contributed by atoms with Crippen LogP contribution in [0.4, 0.5) is 0 Å². The summed E-state index contributed by atoms with van der Waals surface area (Å²) in [6.45, 7) is 0.852. The first-order valence-electron chi connectivity index (χ1n) is 5.52. The fourth-order valence-electron chi connectivity index (χ4n) is 2.14. The molecular weight excluding hydrogens is 190 g/mol. The third-order valence-electron chi connectivity index (χ3n) is 3.19. The van der Waals surface area contributed by atoms with Crippen LogP contribution >= 0.6 is 0 Å². The predicted octanol–water partition coefficient (Wildman–Crippen LogP) is 1.08. The van der Waals surface area contributed by atoms with Crippen LogP contribution in [0.5, 0.6) is 0 Å². The quantitative estimate of drug-likeness (QED) is 0.806. The Kier molecular flexibility index (Phi) is 3.38. The van der Waals surface area contributed by atoms with Crippen molar-refractivity contribution in [3.05, 3.63) is 18.2 Å². The standard InChI is InChI=1S/C11H19N3O/c1-14-6-5-12-11(14)8-13-9-3-4-10(7-9)15-2/h5-6,9-10,13H,3-4,7-8H2,1-2H3. The zero-order valence-corrected chi connectivity index (χ0v) is 9.44. The van der Waals surface area contributed by atoms with Gasteiger partial charge in [-0.15, -0.1) is 0 Å². The second kappa shape index (κ2) is 4.77. The molecule has 1 fully saturated rings. The Morgan fingerprint density at radius 1 is 1.60 bits per heavy atom. The molecule has 2 unspecified atom stereocenters. The highest BCUT2D eigenvalue weighted by atomic mass is 16.5. The minimum absolute atomic E-state index is 0.448. The van der Waals surface area contributed by atoms with E-state index in [1.54, 1.807) is 7.11 Å². The van der Waals surface area contributed by atoms with E-state index in [-0.39, 0.29) is 0 Å². The molecule has 0 radical (unpaired) electrons. The number of hydrogen-bond acceptors (Lipinski definition) is 3. The van der Waals surface area contributed by atoms with Gasteiger partial charge in [-0.3, -0.25) is 0 Å². The summed E-state index contributed by atoms with van der Waals surface area (Å²) >= 11 is 0. The topological polar surface area (TPSA) is 39.1 Å². The number of aryl methyl sites for hydroxylation is 1. The zero-order valence-electron chi connectivity index (χ0n) is 9.44. The van der Waals surface area contributed by atoms with Gasteiger partial charge in [0.05, 0.1) is 12.6 Å². The predicted molar refractivity (Wildman–Crippen MR) is 58.5 cm³/mol. The van der Waals surface area contributed by atoms with Gasteiger partial charge in [0.2, 0.25) is 0 Å². The molecule has 4 heteroatoms. The van der Waals surface area contributed by atoms with Gasteiger partial charge >= 0.3 is 0 Å². The molecule has 0 aromatic carbocycles. The highest BCUT2D eigenvalue weighted by Crippen LogP contribution is 2.21. The summed E-state index contributed by atoms with van der Waals surface area (Å²) in [6, 6.07) is 0.589. The van der Waals surface area contributed by atoms with Crippen molar-refractivity contribution in [3.63, 3.8) is 0 Å². The van der Waals surface area contributed by atoms with E-state index < -0.39 is 0 Å². The van der Waals surface area contributed by atoms with Crippen molar-refractivity contribution in [2.24, 2.45) is 7.05 Å². The van der Waals surface area contributed by atoms with Gasteiger partial charge in [-0.25, -0.2) is 4.98 Å². The van der Waals surface area contributed by atoms with Gasteiger partial charge in [0.1, 0.15) is 5.82 Å². The van der Waals surface area contributed by atoms with Crippen LogP contribution in [0.15, 0.2) is 12.4 Å². The maximum Gasteiger partial charge on any atom is 0.122 e. The molecule has 84 valence electrons. The van der Waals surface area contributed by atoms with Crippen molar-refractivity contribution in [2.45, 2.75) is 38.0 Å². The van der Waals surface area contributed by atoms with Gasteiger partial charge in [-0.2, -0.15) is 0 Å². The highest BCUT2D eigenvalue weighted by Gasteiger charge is 2.23. The molecule has 2 rings (SSSR count). The average Bonchev–Trinajstić information content (AvgIpc) is 2.84. The van der Waals surface area contributed by atoms with Crippen molar-refractivity contribution in [1.82, 2.24) is 14.9 Å². The molecule has 0 bridgehead atoms. The minimum atomic E-state index is 0.448. The van der Waals surface area contributed by atoms with Crippen LogP contribution in [-0.4, -0.2) is 28.8 Å². The number of aromatic nitrogens is 2. The van der Waals surface area contributed by atoms with Gasteiger partial charge < -0.3 is 14.6 Å². The Morgan fingerprint density at radius 2 is 2.47 bits per heavy atom. The molecule has 1 aliphatic carbocycles. The van der Waals surface area contributed by atoms with Crippen LogP contribution in [0.25, 0.3) is 0 Å². The molecular formula is C11H19N3O. The van der Waals surface area contributed by atoms with Crippen molar-refractivity contribution in [1.29, 1.82) is 0 Å². The Hall–Kier alpha value is -0.870. The lowest BCUT2D eigenvalue weighted by Crippen LogP contribution is -2.27. The monoisotopic (exact) mass is 209 g/mol. The van der Waals surface area contributed by atoms with Gasteiger partial charge in [-0.05, 0) is 19.3 Å². The molecule has 4 nitrogen and oxygen atoms in total. The Bertz CT molecular complexity index is 311. The van der Waals surface area contributed by atoms with Crippen LogP contribution < -0.4 is 5.32 Å². The second-order valence-electron chi connectivity index (χ2n) is 4.20. The van der Waals surface area contributed by atoms with E-state index in [1.165, 1.54) is 12.8 Å². The summed E-state index contributed by atoms with van der Waals surface area (Å²) in [5.74, 6) is 1.09. The number of hydrogen-bond donors (Lipinski definition) is 1. The second-order valence-corrected chi connectivity index (χ2v) is 4.20. The van der Waals surface area contributed by atoms with E-state index in [4.69, 9.17) is 4.74 Å². The van der Waals surface area contributed by atoms with Crippen molar-refractivity contribution < 1.29 is 4.74 Å². The number of methoxy groups -OCH3 is 1. The summed E-state index contributed by atoms with van der Waals surface area (Å²) in [5, 5.41) is 3.53. The van der Waals surface area contributed by atoms with E-state index in [0.717, 1.165) is 18.8 Å². The van der Waals surface area contributed by atoms with E-state index in [1.807, 2.05) is 19.4 Å². The molecule has 0 spiro atoms. The molecule has 1 aliphatic rings. The average molecular weight is 209 g/mol. The first-order valence-corrected chi connectivity index (χ1v) is 5.52. The highest BCUT2D eigenvalue weighted by molar-refractivity contribution is 4.92. The van der Waals surface area contributed by atoms with Crippen molar-refractivity contribution in [3.8, 4) is 0 Å². The number of nitrogens with zero attached hydrogens (tertiary/aromatic N) is 2. The third kappa shape index (κ3) is 2.58. The molecule has 0 aliphatic heterocycles. The van der Waals surface area contributed by atoms with Crippen LogP contribution in [-0.2, 0) is 18.3 Å².